The van der Waals surface area contributed by atoms with Gasteiger partial charge in [-0.25, -0.2) is 18.2 Å². The number of halogens is 1. The standard InChI is InChI=1S/C29H29FN4O3S/c1-20-9-15-27(16-10-20)38(36,37)33(28-8-6-5-7-21(28)2)19-29(35)32-31-18-24-17-22(3)34(23(24)4)26-13-11-25(30)12-14-26/h5-18H,19H2,1-4H3,(H,32,35)/b31-18+. The van der Waals surface area contributed by atoms with Crippen molar-refractivity contribution in [3.63, 3.8) is 0 Å². The molecule has 0 saturated heterocycles. The number of nitrogens with zero attached hydrogens (tertiary/aromatic N) is 3. The molecule has 7 nitrogen and oxygen atoms in total. The van der Waals surface area contributed by atoms with E-state index in [2.05, 4.69) is 10.5 Å². The lowest BCUT2D eigenvalue weighted by Crippen LogP contribution is -2.40. The minimum atomic E-state index is -4.02. The van der Waals surface area contributed by atoms with Crippen LogP contribution in [0.25, 0.3) is 5.69 Å². The number of carbonyl (C=O) groups excluding carboxylic acids is 1. The van der Waals surface area contributed by atoms with Crippen LogP contribution in [0, 0.1) is 33.5 Å². The van der Waals surface area contributed by atoms with Crippen LogP contribution >= 0.6 is 0 Å². The molecule has 0 radical (unpaired) electrons. The molecule has 1 heterocycles. The SMILES string of the molecule is Cc1ccc(S(=O)(=O)N(CC(=O)N/N=C/c2cc(C)n(-c3ccc(F)cc3)c2C)c2ccccc2C)cc1. The minimum absolute atomic E-state index is 0.0934. The number of amides is 1. The molecule has 0 unspecified atom stereocenters. The van der Waals surface area contributed by atoms with Crippen molar-refractivity contribution in [2.75, 3.05) is 10.8 Å². The van der Waals surface area contributed by atoms with Crippen molar-refractivity contribution in [3.8, 4) is 5.69 Å². The van der Waals surface area contributed by atoms with E-state index in [1.807, 2.05) is 37.5 Å². The molecule has 4 aromatic rings. The fraction of sp³-hybridized carbons (Fsp3) is 0.172. The number of nitrogens with one attached hydrogen (secondary N) is 1. The van der Waals surface area contributed by atoms with Crippen LogP contribution in [-0.4, -0.2) is 31.7 Å². The summed E-state index contributed by atoms with van der Waals surface area (Å²) in [5, 5.41) is 4.08. The first-order valence-corrected chi connectivity index (χ1v) is 13.4. The molecule has 0 aliphatic rings. The maximum absolute atomic E-state index is 13.5. The zero-order valence-electron chi connectivity index (χ0n) is 21.6. The molecule has 9 heteroatoms. The van der Waals surface area contributed by atoms with Crippen LogP contribution in [0.3, 0.4) is 0 Å². The fourth-order valence-electron chi connectivity index (χ4n) is 4.23. The van der Waals surface area contributed by atoms with Gasteiger partial charge in [-0.1, -0.05) is 35.9 Å². The molecule has 38 heavy (non-hydrogen) atoms. The Hall–Kier alpha value is -4.24. The average molecular weight is 533 g/mol. The van der Waals surface area contributed by atoms with Crippen LogP contribution in [0.15, 0.2) is 88.9 Å². The highest BCUT2D eigenvalue weighted by Crippen LogP contribution is 2.27. The molecule has 1 amide bonds. The van der Waals surface area contributed by atoms with E-state index in [0.717, 1.165) is 32.5 Å². The van der Waals surface area contributed by atoms with E-state index < -0.39 is 22.5 Å². The molecule has 1 aromatic heterocycles. The van der Waals surface area contributed by atoms with E-state index in [1.54, 1.807) is 49.4 Å². The van der Waals surface area contributed by atoms with Crippen LogP contribution < -0.4 is 9.73 Å². The van der Waals surface area contributed by atoms with E-state index in [4.69, 9.17) is 0 Å². The Bertz CT molecular complexity index is 1590. The van der Waals surface area contributed by atoms with Crippen LogP contribution in [-0.2, 0) is 14.8 Å². The highest BCUT2D eigenvalue weighted by Gasteiger charge is 2.28. The lowest BCUT2D eigenvalue weighted by Gasteiger charge is -2.25. The highest BCUT2D eigenvalue weighted by molar-refractivity contribution is 7.92. The van der Waals surface area contributed by atoms with Gasteiger partial charge in [-0.3, -0.25) is 9.10 Å². The number of hydrogen-bond acceptors (Lipinski definition) is 4. The van der Waals surface area contributed by atoms with Gasteiger partial charge in [0.1, 0.15) is 12.4 Å². The molecule has 0 atom stereocenters. The number of aryl methyl sites for hydroxylation is 3. The van der Waals surface area contributed by atoms with Crippen molar-refractivity contribution in [3.05, 3.63) is 113 Å². The largest absolute Gasteiger partial charge is 0.318 e. The molecule has 1 N–H and O–H groups in total. The van der Waals surface area contributed by atoms with Crippen LogP contribution in [0.5, 0.6) is 0 Å². The maximum Gasteiger partial charge on any atom is 0.264 e. The van der Waals surface area contributed by atoms with E-state index >= 15 is 0 Å². The number of anilines is 1. The Labute approximate surface area is 222 Å². The van der Waals surface area contributed by atoms with Gasteiger partial charge in [-0.2, -0.15) is 5.10 Å². The number of aromatic nitrogens is 1. The third-order valence-corrected chi connectivity index (χ3v) is 8.00. The molecule has 3 aromatic carbocycles. The number of sulfonamides is 1. The van der Waals surface area contributed by atoms with Gasteiger partial charge < -0.3 is 4.57 Å². The van der Waals surface area contributed by atoms with Gasteiger partial charge in [0.2, 0.25) is 0 Å². The molecule has 0 fully saturated rings. The van der Waals surface area contributed by atoms with Gasteiger partial charge in [0.15, 0.2) is 0 Å². The second-order valence-electron chi connectivity index (χ2n) is 9.04. The van der Waals surface area contributed by atoms with Crippen molar-refractivity contribution in [1.82, 2.24) is 9.99 Å². The second kappa shape index (κ2) is 11.0. The van der Waals surface area contributed by atoms with Gasteiger partial charge in [0.25, 0.3) is 15.9 Å². The number of hydrazone groups is 1. The maximum atomic E-state index is 13.5. The van der Waals surface area contributed by atoms with E-state index in [9.17, 15) is 17.6 Å². The first-order chi connectivity index (χ1) is 18.1. The van der Waals surface area contributed by atoms with Crippen molar-refractivity contribution >= 4 is 27.8 Å². The predicted molar refractivity (Wildman–Crippen MR) is 148 cm³/mol. The molecule has 4 rings (SSSR count). The molecular weight excluding hydrogens is 503 g/mol. The van der Waals surface area contributed by atoms with Gasteiger partial charge in [-0.15, -0.1) is 0 Å². The summed E-state index contributed by atoms with van der Waals surface area (Å²) in [6.45, 7) is 7.03. The van der Waals surface area contributed by atoms with Gasteiger partial charge in [-0.05, 0) is 81.8 Å². The summed E-state index contributed by atoms with van der Waals surface area (Å²) in [7, 11) is -4.02. The fourth-order valence-corrected chi connectivity index (χ4v) is 5.71. The van der Waals surface area contributed by atoms with Crippen LogP contribution in [0.2, 0.25) is 0 Å². The Kier molecular flexibility index (Phi) is 7.78. The summed E-state index contributed by atoms with van der Waals surface area (Å²) >= 11 is 0. The molecule has 0 saturated carbocycles. The molecule has 0 bridgehead atoms. The normalized spacial score (nSPS) is 11.6. The second-order valence-corrected chi connectivity index (χ2v) is 10.9. The van der Waals surface area contributed by atoms with E-state index in [-0.39, 0.29) is 10.7 Å². The summed E-state index contributed by atoms with van der Waals surface area (Å²) in [5.74, 6) is -0.905. The summed E-state index contributed by atoms with van der Waals surface area (Å²) in [6, 6.07) is 21.6. The number of carbonyl (C=O) groups is 1. The van der Waals surface area contributed by atoms with E-state index in [1.165, 1.54) is 30.5 Å². The molecular formula is C29H29FN4O3S. The third kappa shape index (κ3) is 5.68. The third-order valence-electron chi connectivity index (χ3n) is 6.23. The Morgan fingerprint density at radius 2 is 1.63 bits per heavy atom. The average Bonchev–Trinajstić information content (AvgIpc) is 3.16. The summed E-state index contributed by atoms with van der Waals surface area (Å²) < 4.78 is 43.5. The lowest BCUT2D eigenvalue weighted by atomic mass is 10.2. The predicted octanol–water partition coefficient (Wildman–Crippen LogP) is 5.20. The molecule has 0 spiro atoms. The Morgan fingerprint density at radius 1 is 0.974 bits per heavy atom. The first-order valence-electron chi connectivity index (χ1n) is 12.0. The van der Waals surface area contributed by atoms with Crippen molar-refractivity contribution in [2.24, 2.45) is 5.10 Å². The van der Waals surface area contributed by atoms with Crippen LogP contribution in [0.1, 0.15) is 28.1 Å². The lowest BCUT2D eigenvalue weighted by molar-refractivity contribution is -0.119. The van der Waals surface area contributed by atoms with Gasteiger partial charge in [0, 0.05) is 22.6 Å². The Morgan fingerprint density at radius 3 is 2.29 bits per heavy atom. The summed E-state index contributed by atoms with van der Waals surface area (Å²) in [5.41, 5.74) is 7.84. The number of hydrogen-bond donors (Lipinski definition) is 1. The number of benzene rings is 3. The van der Waals surface area contributed by atoms with E-state index in [0.29, 0.717) is 11.3 Å². The minimum Gasteiger partial charge on any atom is -0.318 e. The topological polar surface area (TPSA) is 83.8 Å². The van der Waals surface area contributed by atoms with Gasteiger partial charge in [0.05, 0.1) is 16.8 Å². The zero-order valence-corrected chi connectivity index (χ0v) is 22.5. The number of rotatable bonds is 8. The molecule has 0 aliphatic heterocycles. The smallest absolute Gasteiger partial charge is 0.264 e. The quantitative estimate of drug-likeness (QED) is 0.250. The Balaban J connectivity index is 1.56. The van der Waals surface area contributed by atoms with Crippen molar-refractivity contribution in [2.45, 2.75) is 32.6 Å². The monoisotopic (exact) mass is 532 g/mol. The highest BCUT2D eigenvalue weighted by atomic mass is 32.2. The molecule has 0 aliphatic carbocycles. The molecule has 196 valence electrons. The first kappa shape index (κ1) is 26.8. The summed E-state index contributed by atoms with van der Waals surface area (Å²) in [4.78, 5) is 13.0. The summed E-state index contributed by atoms with van der Waals surface area (Å²) in [6.07, 6.45) is 1.51. The zero-order chi connectivity index (χ0) is 27.4. The van der Waals surface area contributed by atoms with Gasteiger partial charge >= 0.3 is 0 Å². The number of para-hydroxylation sites is 1. The van der Waals surface area contributed by atoms with Crippen molar-refractivity contribution < 1.29 is 17.6 Å². The van der Waals surface area contributed by atoms with Crippen molar-refractivity contribution in [1.29, 1.82) is 0 Å². The van der Waals surface area contributed by atoms with Crippen LogP contribution in [0.4, 0.5) is 10.1 Å².